The molecule has 0 radical (unpaired) electrons. The number of aromatic nitrogens is 2. The van der Waals surface area contributed by atoms with Crippen LogP contribution in [0.3, 0.4) is 0 Å². The highest BCUT2D eigenvalue weighted by Gasteiger charge is 2.14. The SMILES string of the molecule is CCC(CC)C(=O)NCCCc1nc2ccccc2n1CCCOc1ccc(OC)cc1. The third-order valence-electron chi connectivity index (χ3n) is 5.82. The largest absolute Gasteiger partial charge is 0.497 e. The monoisotopic (exact) mass is 437 g/mol. The van der Waals surface area contributed by atoms with Gasteiger partial charge in [-0.2, -0.15) is 0 Å². The number of ether oxygens (including phenoxy) is 2. The van der Waals surface area contributed by atoms with Crippen LogP contribution in [0, 0.1) is 5.92 Å². The minimum atomic E-state index is 0.116. The highest BCUT2D eigenvalue weighted by Crippen LogP contribution is 2.19. The first-order chi connectivity index (χ1) is 15.7. The summed E-state index contributed by atoms with van der Waals surface area (Å²) in [4.78, 5) is 17.0. The summed E-state index contributed by atoms with van der Waals surface area (Å²) in [6, 6.07) is 15.9. The molecule has 3 rings (SSSR count). The molecule has 3 aromatic rings. The highest BCUT2D eigenvalue weighted by atomic mass is 16.5. The van der Waals surface area contributed by atoms with Gasteiger partial charge in [0.05, 0.1) is 24.8 Å². The standard InChI is InChI=1S/C26H35N3O3/c1-4-20(5-2)26(30)27-17-8-12-25-28-23-10-6-7-11-24(23)29(25)18-9-19-32-22-15-13-21(31-3)14-16-22/h6-7,10-11,13-16,20H,4-5,8-9,12,17-19H2,1-3H3,(H,27,30). The summed E-state index contributed by atoms with van der Waals surface area (Å²) in [6.45, 7) is 6.28. The van der Waals surface area contributed by atoms with Crippen molar-refractivity contribution in [1.29, 1.82) is 0 Å². The molecule has 0 aliphatic rings. The summed E-state index contributed by atoms with van der Waals surface area (Å²) in [5.41, 5.74) is 2.16. The summed E-state index contributed by atoms with van der Waals surface area (Å²) in [5.74, 6) is 3.01. The Kier molecular flexibility index (Phi) is 8.96. The van der Waals surface area contributed by atoms with Crippen LogP contribution in [0.5, 0.6) is 11.5 Å². The molecule has 6 nitrogen and oxygen atoms in total. The van der Waals surface area contributed by atoms with Crippen LogP contribution in [0.15, 0.2) is 48.5 Å². The number of benzene rings is 2. The average Bonchev–Trinajstić information content (AvgIpc) is 3.18. The van der Waals surface area contributed by atoms with Crippen LogP contribution in [0.1, 0.15) is 45.4 Å². The normalized spacial score (nSPS) is 11.1. The summed E-state index contributed by atoms with van der Waals surface area (Å²) >= 11 is 0. The first kappa shape index (κ1) is 23.6. The number of rotatable bonds is 13. The molecule has 6 heteroatoms. The molecular weight excluding hydrogens is 402 g/mol. The van der Waals surface area contributed by atoms with Gasteiger partial charge in [0, 0.05) is 25.4 Å². The Morgan fingerprint density at radius 3 is 2.47 bits per heavy atom. The topological polar surface area (TPSA) is 65.4 Å². The van der Waals surface area contributed by atoms with Gasteiger partial charge in [0.1, 0.15) is 17.3 Å². The summed E-state index contributed by atoms with van der Waals surface area (Å²) in [6.07, 6.45) is 4.35. The second-order valence-corrected chi connectivity index (χ2v) is 7.95. The van der Waals surface area contributed by atoms with E-state index < -0.39 is 0 Å². The first-order valence-electron chi connectivity index (χ1n) is 11.6. The number of para-hydroxylation sites is 2. The van der Waals surface area contributed by atoms with Gasteiger partial charge in [-0.1, -0.05) is 26.0 Å². The fraction of sp³-hybridized carbons (Fsp3) is 0.462. The molecule has 0 saturated heterocycles. The molecule has 1 N–H and O–H groups in total. The minimum Gasteiger partial charge on any atom is -0.497 e. The van der Waals surface area contributed by atoms with Crippen molar-refractivity contribution in [2.75, 3.05) is 20.3 Å². The van der Waals surface area contributed by atoms with Crippen LogP contribution in [-0.4, -0.2) is 35.7 Å². The minimum absolute atomic E-state index is 0.116. The predicted octanol–water partition coefficient (Wildman–Crippen LogP) is 5.00. The van der Waals surface area contributed by atoms with E-state index in [0.29, 0.717) is 13.2 Å². The van der Waals surface area contributed by atoms with E-state index in [9.17, 15) is 4.79 Å². The lowest BCUT2D eigenvalue weighted by atomic mass is 10.0. The van der Waals surface area contributed by atoms with Crippen LogP contribution in [0.25, 0.3) is 11.0 Å². The van der Waals surface area contributed by atoms with Crippen molar-refractivity contribution in [2.24, 2.45) is 5.92 Å². The summed E-state index contributed by atoms with van der Waals surface area (Å²) in [7, 11) is 1.66. The van der Waals surface area contributed by atoms with E-state index in [4.69, 9.17) is 14.5 Å². The van der Waals surface area contributed by atoms with Gasteiger partial charge in [-0.3, -0.25) is 4.79 Å². The van der Waals surface area contributed by atoms with E-state index in [0.717, 1.165) is 67.0 Å². The maximum Gasteiger partial charge on any atom is 0.223 e. The summed E-state index contributed by atoms with van der Waals surface area (Å²) < 4.78 is 13.4. The van der Waals surface area contributed by atoms with Crippen LogP contribution in [0.4, 0.5) is 0 Å². The van der Waals surface area contributed by atoms with Crippen molar-refractivity contribution in [1.82, 2.24) is 14.9 Å². The van der Waals surface area contributed by atoms with Gasteiger partial charge in [0.25, 0.3) is 0 Å². The Morgan fingerprint density at radius 1 is 1.03 bits per heavy atom. The average molecular weight is 438 g/mol. The second kappa shape index (κ2) is 12.1. The summed E-state index contributed by atoms with van der Waals surface area (Å²) in [5, 5.41) is 3.08. The molecule has 0 aliphatic carbocycles. The number of carbonyl (C=O) groups excluding carboxylic acids is 1. The van der Waals surface area contributed by atoms with Gasteiger partial charge in [-0.05, 0) is 62.1 Å². The Hall–Kier alpha value is -3.02. The van der Waals surface area contributed by atoms with Crippen molar-refractivity contribution in [2.45, 2.75) is 52.5 Å². The zero-order valence-corrected chi connectivity index (χ0v) is 19.5. The van der Waals surface area contributed by atoms with Gasteiger partial charge in [-0.25, -0.2) is 4.98 Å². The molecule has 1 aromatic heterocycles. The molecule has 32 heavy (non-hydrogen) atoms. The Morgan fingerprint density at radius 2 is 1.75 bits per heavy atom. The van der Waals surface area contributed by atoms with Crippen molar-refractivity contribution < 1.29 is 14.3 Å². The second-order valence-electron chi connectivity index (χ2n) is 7.95. The number of amides is 1. The molecule has 0 aliphatic heterocycles. The maximum absolute atomic E-state index is 12.2. The maximum atomic E-state index is 12.2. The lowest BCUT2D eigenvalue weighted by Crippen LogP contribution is -2.31. The fourth-order valence-corrected chi connectivity index (χ4v) is 3.91. The number of hydrogen-bond donors (Lipinski definition) is 1. The van der Waals surface area contributed by atoms with Crippen molar-refractivity contribution in [3.05, 3.63) is 54.4 Å². The van der Waals surface area contributed by atoms with Gasteiger partial charge in [0.2, 0.25) is 5.91 Å². The molecule has 2 aromatic carbocycles. The number of imidazole rings is 1. The first-order valence-corrected chi connectivity index (χ1v) is 11.6. The number of aryl methyl sites for hydroxylation is 2. The van der Waals surface area contributed by atoms with E-state index in [1.807, 2.05) is 36.4 Å². The molecule has 0 bridgehead atoms. The molecule has 0 saturated carbocycles. The van der Waals surface area contributed by atoms with E-state index in [1.54, 1.807) is 7.11 Å². The highest BCUT2D eigenvalue weighted by molar-refractivity contribution is 5.78. The molecule has 1 heterocycles. The number of nitrogens with one attached hydrogen (secondary N) is 1. The molecule has 0 atom stereocenters. The Balaban J connectivity index is 1.54. The van der Waals surface area contributed by atoms with Crippen LogP contribution in [0.2, 0.25) is 0 Å². The number of fused-ring (bicyclic) bond motifs is 1. The van der Waals surface area contributed by atoms with E-state index in [1.165, 1.54) is 0 Å². The van der Waals surface area contributed by atoms with Crippen molar-refractivity contribution in [3.8, 4) is 11.5 Å². The number of nitrogens with zero attached hydrogens (tertiary/aromatic N) is 2. The van der Waals surface area contributed by atoms with E-state index in [-0.39, 0.29) is 11.8 Å². The molecular formula is C26H35N3O3. The van der Waals surface area contributed by atoms with Gasteiger partial charge >= 0.3 is 0 Å². The third kappa shape index (κ3) is 6.25. The number of hydrogen-bond acceptors (Lipinski definition) is 4. The number of methoxy groups -OCH3 is 1. The van der Waals surface area contributed by atoms with E-state index >= 15 is 0 Å². The quantitative estimate of drug-likeness (QED) is 0.382. The molecule has 0 fully saturated rings. The Bertz CT molecular complexity index is 978. The van der Waals surface area contributed by atoms with Crippen LogP contribution in [-0.2, 0) is 17.8 Å². The fourth-order valence-electron chi connectivity index (χ4n) is 3.91. The molecule has 0 unspecified atom stereocenters. The zero-order valence-electron chi connectivity index (χ0n) is 19.5. The van der Waals surface area contributed by atoms with Crippen molar-refractivity contribution in [3.63, 3.8) is 0 Å². The zero-order chi connectivity index (χ0) is 22.8. The molecule has 1 amide bonds. The van der Waals surface area contributed by atoms with Gasteiger partial charge in [0.15, 0.2) is 0 Å². The van der Waals surface area contributed by atoms with Gasteiger partial charge in [-0.15, -0.1) is 0 Å². The van der Waals surface area contributed by atoms with Crippen molar-refractivity contribution >= 4 is 16.9 Å². The van der Waals surface area contributed by atoms with E-state index in [2.05, 4.69) is 35.9 Å². The number of carbonyl (C=O) groups is 1. The third-order valence-corrected chi connectivity index (χ3v) is 5.82. The van der Waals surface area contributed by atoms with Gasteiger partial charge < -0.3 is 19.4 Å². The predicted molar refractivity (Wildman–Crippen MR) is 128 cm³/mol. The molecule has 172 valence electrons. The Labute approximate surface area is 190 Å². The lowest BCUT2D eigenvalue weighted by molar-refractivity contribution is -0.125. The lowest BCUT2D eigenvalue weighted by Gasteiger charge is -2.13. The van der Waals surface area contributed by atoms with Crippen LogP contribution >= 0.6 is 0 Å². The molecule has 0 spiro atoms. The smallest absolute Gasteiger partial charge is 0.223 e. The van der Waals surface area contributed by atoms with Crippen LogP contribution < -0.4 is 14.8 Å².